The molecule has 1 aliphatic heterocycles. The number of carbonyl (C=O) groups is 2. The summed E-state index contributed by atoms with van der Waals surface area (Å²) in [5.74, 6) is -1.68. The van der Waals surface area contributed by atoms with Gasteiger partial charge in [-0.15, -0.1) is 0 Å². The number of nitrogens with one attached hydrogen (secondary N) is 1. The van der Waals surface area contributed by atoms with Crippen molar-refractivity contribution in [1.29, 1.82) is 0 Å². The normalized spacial score (nSPS) is 15.8. The summed E-state index contributed by atoms with van der Waals surface area (Å²) in [7, 11) is 0. The average molecular weight is 476 g/mol. The fourth-order valence-electron chi connectivity index (χ4n) is 4.10. The van der Waals surface area contributed by atoms with Crippen molar-refractivity contribution < 1.29 is 14.0 Å². The Balaban J connectivity index is 1.73. The first-order valence-electron chi connectivity index (χ1n) is 10.9. The quantitative estimate of drug-likeness (QED) is 0.315. The molecule has 7 heteroatoms. The standard InChI is InChI=1S/C27H26FN3O2S/c1-16-13-18(17(2)30(16)21-11-9-19(10-12-21)27(3,4)5)14-23-24(32)29-26(34)31(25(23)33)22-8-6-7-20(28)15-22/h6-15H,1-5H3,(H,29,32,34)/b23-14+. The lowest BCUT2D eigenvalue weighted by atomic mass is 9.87. The number of benzene rings is 2. The van der Waals surface area contributed by atoms with Crippen LogP contribution in [-0.2, 0) is 15.0 Å². The number of thiocarbonyl (C=S) groups is 1. The van der Waals surface area contributed by atoms with Crippen LogP contribution in [0.15, 0.2) is 60.2 Å². The maximum absolute atomic E-state index is 13.8. The van der Waals surface area contributed by atoms with E-state index in [2.05, 4.69) is 54.9 Å². The maximum Gasteiger partial charge on any atom is 0.270 e. The molecule has 1 N–H and O–H groups in total. The van der Waals surface area contributed by atoms with Crippen LogP contribution in [0.25, 0.3) is 11.8 Å². The van der Waals surface area contributed by atoms with Crippen LogP contribution in [0.2, 0.25) is 0 Å². The second kappa shape index (κ2) is 8.65. The summed E-state index contributed by atoms with van der Waals surface area (Å²) in [6.07, 6.45) is 1.56. The first-order chi connectivity index (χ1) is 16.0. The summed E-state index contributed by atoms with van der Waals surface area (Å²) in [4.78, 5) is 27.1. The zero-order valence-electron chi connectivity index (χ0n) is 19.8. The smallest absolute Gasteiger partial charge is 0.270 e. The van der Waals surface area contributed by atoms with Gasteiger partial charge in [-0.3, -0.25) is 19.8 Å². The van der Waals surface area contributed by atoms with Crippen molar-refractivity contribution in [2.75, 3.05) is 4.90 Å². The molecule has 0 radical (unpaired) electrons. The molecule has 0 spiro atoms. The number of aromatic nitrogens is 1. The highest BCUT2D eigenvalue weighted by molar-refractivity contribution is 7.80. The molecule has 2 amide bonds. The Morgan fingerprint density at radius 2 is 1.65 bits per heavy atom. The molecule has 3 aromatic rings. The molecule has 174 valence electrons. The fourth-order valence-corrected chi connectivity index (χ4v) is 4.39. The van der Waals surface area contributed by atoms with Gasteiger partial charge in [-0.25, -0.2) is 4.39 Å². The minimum atomic E-state index is -0.598. The van der Waals surface area contributed by atoms with Crippen LogP contribution in [0.5, 0.6) is 0 Å². The largest absolute Gasteiger partial charge is 0.318 e. The topological polar surface area (TPSA) is 54.3 Å². The molecule has 5 nitrogen and oxygen atoms in total. The van der Waals surface area contributed by atoms with Crippen molar-refractivity contribution in [3.63, 3.8) is 0 Å². The van der Waals surface area contributed by atoms with Crippen molar-refractivity contribution in [3.8, 4) is 5.69 Å². The summed E-state index contributed by atoms with van der Waals surface area (Å²) in [6, 6.07) is 15.8. The average Bonchev–Trinajstić information content (AvgIpc) is 3.03. The number of hydrogen-bond donors (Lipinski definition) is 1. The van der Waals surface area contributed by atoms with E-state index in [0.717, 1.165) is 27.5 Å². The van der Waals surface area contributed by atoms with E-state index in [9.17, 15) is 14.0 Å². The number of rotatable bonds is 3. The van der Waals surface area contributed by atoms with E-state index < -0.39 is 17.6 Å². The highest BCUT2D eigenvalue weighted by Gasteiger charge is 2.35. The summed E-state index contributed by atoms with van der Waals surface area (Å²) in [6.45, 7) is 10.4. The van der Waals surface area contributed by atoms with Gasteiger partial charge in [-0.05, 0) is 85.1 Å². The molecule has 0 unspecified atom stereocenters. The Morgan fingerprint density at radius 3 is 2.26 bits per heavy atom. The van der Waals surface area contributed by atoms with Crippen LogP contribution < -0.4 is 10.2 Å². The summed E-state index contributed by atoms with van der Waals surface area (Å²) >= 11 is 5.19. The molecule has 0 saturated carbocycles. The number of anilines is 1. The predicted molar refractivity (Wildman–Crippen MR) is 137 cm³/mol. The highest BCUT2D eigenvalue weighted by Crippen LogP contribution is 2.28. The van der Waals surface area contributed by atoms with Crippen LogP contribution in [0, 0.1) is 19.7 Å². The van der Waals surface area contributed by atoms with E-state index >= 15 is 0 Å². The molecule has 1 aliphatic rings. The second-order valence-electron chi connectivity index (χ2n) is 9.40. The second-order valence-corrected chi connectivity index (χ2v) is 9.78. The Bertz CT molecular complexity index is 1350. The lowest BCUT2D eigenvalue weighted by molar-refractivity contribution is -0.122. The molecule has 2 aromatic carbocycles. The Morgan fingerprint density at radius 1 is 0.971 bits per heavy atom. The number of aryl methyl sites for hydroxylation is 1. The van der Waals surface area contributed by atoms with Crippen LogP contribution >= 0.6 is 12.2 Å². The molecule has 0 aliphatic carbocycles. The molecular formula is C27H26FN3O2S. The van der Waals surface area contributed by atoms with Gasteiger partial charge < -0.3 is 4.57 Å². The van der Waals surface area contributed by atoms with E-state index in [1.54, 1.807) is 12.1 Å². The molecule has 1 saturated heterocycles. The minimum Gasteiger partial charge on any atom is -0.318 e. The zero-order chi connectivity index (χ0) is 24.8. The number of carbonyl (C=O) groups excluding carboxylic acids is 2. The van der Waals surface area contributed by atoms with Gasteiger partial charge in [0.1, 0.15) is 11.4 Å². The Kier molecular flexibility index (Phi) is 6.00. The lowest BCUT2D eigenvalue weighted by Gasteiger charge is -2.28. The molecule has 4 rings (SSSR count). The summed E-state index contributed by atoms with van der Waals surface area (Å²) < 4.78 is 15.8. The molecule has 1 fully saturated rings. The fraction of sp³-hybridized carbons (Fsp3) is 0.222. The maximum atomic E-state index is 13.8. The number of halogens is 1. The Hall–Kier alpha value is -3.58. The van der Waals surface area contributed by atoms with Crippen molar-refractivity contribution >= 4 is 40.9 Å². The minimum absolute atomic E-state index is 0.0533. The van der Waals surface area contributed by atoms with Crippen LogP contribution in [-0.4, -0.2) is 21.5 Å². The summed E-state index contributed by atoms with van der Waals surface area (Å²) in [5, 5.41) is 2.46. The number of hydrogen-bond acceptors (Lipinski definition) is 3. The van der Waals surface area contributed by atoms with Gasteiger partial charge in [0.15, 0.2) is 5.11 Å². The van der Waals surface area contributed by atoms with Crippen LogP contribution in [0.4, 0.5) is 10.1 Å². The van der Waals surface area contributed by atoms with E-state index in [1.807, 2.05) is 19.9 Å². The van der Waals surface area contributed by atoms with Gasteiger partial charge in [0.2, 0.25) is 0 Å². The molecule has 0 bridgehead atoms. The lowest BCUT2D eigenvalue weighted by Crippen LogP contribution is -2.54. The zero-order valence-corrected chi connectivity index (χ0v) is 20.6. The molecular weight excluding hydrogens is 449 g/mol. The first kappa shape index (κ1) is 23.6. The van der Waals surface area contributed by atoms with E-state index in [4.69, 9.17) is 12.2 Å². The van der Waals surface area contributed by atoms with Crippen LogP contribution in [0.3, 0.4) is 0 Å². The SMILES string of the molecule is Cc1cc(/C=C2\C(=O)NC(=S)N(c3cccc(F)c3)C2=O)c(C)n1-c1ccc(C(C)(C)C)cc1. The first-order valence-corrected chi connectivity index (χ1v) is 11.3. The van der Waals surface area contributed by atoms with Crippen molar-refractivity contribution in [3.05, 3.63) is 88.5 Å². The van der Waals surface area contributed by atoms with Gasteiger partial charge >= 0.3 is 0 Å². The van der Waals surface area contributed by atoms with E-state index in [1.165, 1.54) is 23.8 Å². The van der Waals surface area contributed by atoms with E-state index in [-0.39, 0.29) is 21.8 Å². The molecule has 34 heavy (non-hydrogen) atoms. The van der Waals surface area contributed by atoms with E-state index in [0.29, 0.717) is 0 Å². The predicted octanol–water partition coefficient (Wildman–Crippen LogP) is 5.36. The molecule has 0 atom stereocenters. The highest BCUT2D eigenvalue weighted by atomic mass is 32.1. The van der Waals surface area contributed by atoms with Gasteiger partial charge in [0.05, 0.1) is 5.69 Å². The summed E-state index contributed by atoms with van der Waals surface area (Å²) in [5.41, 5.74) is 5.06. The third-order valence-corrected chi connectivity index (χ3v) is 6.21. The van der Waals surface area contributed by atoms with Crippen molar-refractivity contribution in [2.45, 2.75) is 40.0 Å². The van der Waals surface area contributed by atoms with Gasteiger partial charge in [-0.1, -0.05) is 39.0 Å². The third-order valence-electron chi connectivity index (χ3n) is 5.93. The number of amides is 2. The van der Waals surface area contributed by atoms with Gasteiger partial charge in [0.25, 0.3) is 11.8 Å². The van der Waals surface area contributed by atoms with Gasteiger partial charge in [-0.2, -0.15) is 0 Å². The van der Waals surface area contributed by atoms with Crippen LogP contribution in [0.1, 0.15) is 43.3 Å². The molecule has 1 aromatic heterocycles. The number of nitrogens with zero attached hydrogens (tertiary/aromatic N) is 2. The van der Waals surface area contributed by atoms with Crippen molar-refractivity contribution in [2.24, 2.45) is 0 Å². The molecule has 2 heterocycles. The van der Waals surface area contributed by atoms with Crippen molar-refractivity contribution in [1.82, 2.24) is 9.88 Å². The Labute approximate surface area is 203 Å². The van der Waals surface area contributed by atoms with Gasteiger partial charge in [0, 0.05) is 17.1 Å². The third kappa shape index (κ3) is 4.31. The monoisotopic (exact) mass is 475 g/mol.